The van der Waals surface area contributed by atoms with Gasteiger partial charge in [-0.3, -0.25) is 9.48 Å². The minimum Gasteiger partial charge on any atom is -0.360 e. The third-order valence-corrected chi connectivity index (χ3v) is 5.03. The second-order valence-corrected chi connectivity index (χ2v) is 7.83. The Balaban J connectivity index is 1.73. The SMILES string of the molecule is Cc1nn(C)cc1CNC(=O)c1noc2c1CC(C(C)(C)C)CC2. The fourth-order valence-electron chi connectivity index (χ4n) is 3.40. The molecule has 1 aliphatic carbocycles. The van der Waals surface area contributed by atoms with E-state index in [9.17, 15) is 4.79 Å². The summed E-state index contributed by atoms with van der Waals surface area (Å²) in [6, 6.07) is 0. The van der Waals surface area contributed by atoms with Crippen molar-refractivity contribution < 1.29 is 9.32 Å². The number of carbonyl (C=O) groups excluding carboxylic acids is 1. The fourth-order valence-corrected chi connectivity index (χ4v) is 3.40. The van der Waals surface area contributed by atoms with E-state index in [0.29, 0.717) is 18.2 Å². The highest BCUT2D eigenvalue weighted by Gasteiger charge is 2.34. The van der Waals surface area contributed by atoms with Gasteiger partial charge in [-0.2, -0.15) is 5.10 Å². The van der Waals surface area contributed by atoms with Crippen LogP contribution in [0.15, 0.2) is 10.7 Å². The van der Waals surface area contributed by atoms with Crippen molar-refractivity contribution >= 4 is 5.91 Å². The highest BCUT2D eigenvalue weighted by molar-refractivity contribution is 5.93. The van der Waals surface area contributed by atoms with Crippen LogP contribution >= 0.6 is 0 Å². The molecule has 24 heavy (non-hydrogen) atoms. The van der Waals surface area contributed by atoms with E-state index in [0.717, 1.165) is 41.8 Å². The second kappa shape index (κ2) is 6.07. The van der Waals surface area contributed by atoms with Gasteiger partial charge in [-0.1, -0.05) is 25.9 Å². The lowest BCUT2D eigenvalue weighted by Gasteiger charge is -2.33. The summed E-state index contributed by atoms with van der Waals surface area (Å²) in [6.45, 7) is 9.14. The lowest BCUT2D eigenvalue weighted by atomic mass is 9.71. The lowest BCUT2D eigenvalue weighted by Crippen LogP contribution is -2.29. The van der Waals surface area contributed by atoms with Gasteiger partial charge in [0.2, 0.25) is 0 Å². The van der Waals surface area contributed by atoms with Gasteiger partial charge in [0.1, 0.15) is 5.76 Å². The number of aromatic nitrogens is 3. The van der Waals surface area contributed by atoms with Gasteiger partial charge in [0.05, 0.1) is 5.69 Å². The molecule has 6 nitrogen and oxygen atoms in total. The molecule has 2 heterocycles. The first-order chi connectivity index (χ1) is 11.3. The first-order valence-corrected chi connectivity index (χ1v) is 8.50. The van der Waals surface area contributed by atoms with E-state index in [-0.39, 0.29) is 11.3 Å². The average molecular weight is 330 g/mol. The van der Waals surface area contributed by atoms with Gasteiger partial charge < -0.3 is 9.84 Å². The van der Waals surface area contributed by atoms with Gasteiger partial charge >= 0.3 is 0 Å². The van der Waals surface area contributed by atoms with Crippen LogP contribution in [-0.4, -0.2) is 20.8 Å². The highest BCUT2D eigenvalue weighted by atomic mass is 16.5. The van der Waals surface area contributed by atoms with E-state index >= 15 is 0 Å². The van der Waals surface area contributed by atoms with Crippen molar-refractivity contribution in [2.75, 3.05) is 0 Å². The topological polar surface area (TPSA) is 73.0 Å². The summed E-state index contributed by atoms with van der Waals surface area (Å²) in [5.74, 6) is 1.24. The molecule has 0 fully saturated rings. The molecule has 0 bridgehead atoms. The van der Waals surface area contributed by atoms with Crippen molar-refractivity contribution in [2.24, 2.45) is 18.4 Å². The van der Waals surface area contributed by atoms with Crippen molar-refractivity contribution in [3.05, 3.63) is 34.5 Å². The number of amides is 1. The van der Waals surface area contributed by atoms with Crippen LogP contribution in [0.25, 0.3) is 0 Å². The van der Waals surface area contributed by atoms with Gasteiger partial charge in [-0.15, -0.1) is 0 Å². The van der Waals surface area contributed by atoms with Crippen LogP contribution in [0.3, 0.4) is 0 Å². The van der Waals surface area contributed by atoms with Gasteiger partial charge in [0.25, 0.3) is 5.91 Å². The molecule has 1 amide bonds. The predicted octanol–water partition coefficient (Wildman–Crippen LogP) is 2.80. The van der Waals surface area contributed by atoms with Crippen molar-refractivity contribution in [3.8, 4) is 0 Å². The standard InChI is InChI=1S/C18H26N4O2/c1-11-12(10-22(5)20-11)9-19-17(23)16-14-8-13(18(2,3)4)6-7-15(14)24-21-16/h10,13H,6-9H2,1-5H3,(H,19,23). The van der Waals surface area contributed by atoms with Gasteiger partial charge in [-0.25, -0.2) is 0 Å². The normalized spacial score (nSPS) is 17.6. The number of rotatable bonds is 3. The van der Waals surface area contributed by atoms with E-state index < -0.39 is 0 Å². The van der Waals surface area contributed by atoms with Crippen LogP contribution < -0.4 is 5.32 Å². The molecule has 2 aromatic rings. The molecule has 0 spiro atoms. The summed E-state index contributed by atoms with van der Waals surface area (Å²) in [4.78, 5) is 12.6. The van der Waals surface area contributed by atoms with Crippen molar-refractivity contribution in [3.63, 3.8) is 0 Å². The maximum Gasteiger partial charge on any atom is 0.274 e. The molecule has 0 saturated heterocycles. The summed E-state index contributed by atoms with van der Waals surface area (Å²) in [6.07, 6.45) is 4.72. The molecule has 1 unspecified atom stereocenters. The first kappa shape index (κ1) is 16.7. The van der Waals surface area contributed by atoms with Crippen LogP contribution in [0.5, 0.6) is 0 Å². The van der Waals surface area contributed by atoms with Crippen LogP contribution in [0.4, 0.5) is 0 Å². The quantitative estimate of drug-likeness (QED) is 0.939. The largest absolute Gasteiger partial charge is 0.360 e. The monoisotopic (exact) mass is 330 g/mol. The molecule has 3 rings (SSSR count). The molecule has 0 aromatic carbocycles. The van der Waals surface area contributed by atoms with Crippen molar-refractivity contribution in [1.29, 1.82) is 0 Å². The van der Waals surface area contributed by atoms with E-state index in [4.69, 9.17) is 4.52 Å². The number of carbonyl (C=O) groups is 1. The average Bonchev–Trinajstić information content (AvgIpc) is 3.06. The van der Waals surface area contributed by atoms with E-state index in [2.05, 4.69) is 36.3 Å². The zero-order valence-corrected chi connectivity index (χ0v) is 15.1. The van der Waals surface area contributed by atoms with Gasteiger partial charge in [0, 0.05) is 37.3 Å². The molecular weight excluding hydrogens is 304 g/mol. The van der Waals surface area contributed by atoms with E-state index in [1.807, 2.05) is 20.2 Å². The van der Waals surface area contributed by atoms with Gasteiger partial charge in [-0.05, 0) is 31.1 Å². The Morgan fingerprint density at radius 1 is 1.46 bits per heavy atom. The molecule has 6 heteroatoms. The Bertz CT molecular complexity index is 752. The Labute approximate surface area is 142 Å². The molecule has 0 radical (unpaired) electrons. The van der Waals surface area contributed by atoms with Crippen LogP contribution in [-0.2, 0) is 26.4 Å². The second-order valence-electron chi connectivity index (χ2n) is 7.83. The zero-order valence-electron chi connectivity index (χ0n) is 15.1. The van der Waals surface area contributed by atoms with Crippen LogP contribution in [0.1, 0.15) is 60.3 Å². The smallest absolute Gasteiger partial charge is 0.274 e. The number of aryl methyl sites for hydroxylation is 3. The number of nitrogens with one attached hydrogen (secondary N) is 1. The first-order valence-electron chi connectivity index (χ1n) is 8.50. The number of hydrogen-bond donors (Lipinski definition) is 1. The van der Waals surface area contributed by atoms with Crippen molar-refractivity contribution in [1.82, 2.24) is 20.3 Å². The minimum absolute atomic E-state index is 0.169. The molecule has 1 atom stereocenters. The molecule has 130 valence electrons. The summed E-state index contributed by atoms with van der Waals surface area (Å²) < 4.78 is 7.17. The highest BCUT2D eigenvalue weighted by Crippen LogP contribution is 2.38. The maximum atomic E-state index is 12.6. The Morgan fingerprint density at radius 3 is 2.83 bits per heavy atom. The lowest BCUT2D eigenvalue weighted by molar-refractivity contribution is 0.0940. The van der Waals surface area contributed by atoms with Gasteiger partial charge in [0.15, 0.2) is 5.69 Å². The Hall–Kier alpha value is -2.11. The third-order valence-electron chi connectivity index (χ3n) is 5.03. The van der Waals surface area contributed by atoms with E-state index in [1.54, 1.807) is 4.68 Å². The number of fused-ring (bicyclic) bond motifs is 1. The Kier molecular flexibility index (Phi) is 4.24. The summed E-state index contributed by atoms with van der Waals surface area (Å²) in [5.41, 5.74) is 3.58. The number of hydrogen-bond acceptors (Lipinski definition) is 4. The summed E-state index contributed by atoms with van der Waals surface area (Å²) >= 11 is 0. The maximum absolute atomic E-state index is 12.6. The zero-order chi connectivity index (χ0) is 17.5. The van der Waals surface area contributed by atoms with Crippen LogP contribution in [0, 0.1) is 18.3 Å². The molecule has 1 aliphatic rings. The molecular formula is C18H26N4O2. The molecule has 1 N–H and O–H groups in total. The summed E-state index contributed by atoms with van der Waals surface area (Å²) in [7, 11) is 1.87. The van der Waals surface area contributed by atoms with Crippen molar-refractivity contribution in [2.45, 2.75) is 53.5 Å². The molecule has 0 aliphatic heterocycles. The number of nitrogens with zero attached hydrogens (tertiary/aromatic N) is 3. The third kappa shape index (κ3) is 3.23. The Morgan fingerprint density at radius 2 is 2.21 bits per heavy atom. The molecule has 2 aromatic heterocycles. The summed E-state index contributed by atoms with van der Waals surface area (Å²) in [5, 5.41) is 11.3. The van der Waals surface area contributed by atoms with Crippen LogP contribution in [0.2, 0.25) is 0 Å². The van der Waals surface area contributed by atoms with E-state index in [1.165, 1.54) is 0 Å². The predicted molar refractivity (Wildman–Crippen MR) is 90.6 cm³/mol. The minimum atomic E-state index is -0.169. The fraction of sp³-hybridized carbons (Fsp3) is 0.611. The molecule has 0 saturated carbocycles.